The van der Waals surface area contributed by atoms with E-state index in [4.69, 9.17) is 14.5 Å². The van der Waals surface area contributed by atoms with Crippen molar-refractivity contribution in [3.63, 3.8) is 0 Å². The third kappa shape index (κ3) is 5.90. The molecule has 2 aliphatic heterocycles. The van der Waals surface area contributed by atoms with Crippen LogP contribution in [0.15, 0.2) is 29.3 Å². The molecule has 0 unspecified atom stereocenters. The first-order valence-electron chi connectivity index (χ1n) is 9.20. The van der Waals surface area contributed by atoms with Gasteiger partial charge in [0.05, 0.1) is 20.3 Å². The van der Waals surface area contributed by atoms with Crippen LogP contribution in [0.5, 0.6) is 5.75 Å². The summed E-state index contributed by atoms with van der Waals surface area (Å²) >= 11 is 1.90. The molecular weight excluding hydrogens is 334 g/mol. The van der Waals surface area contributed by atoms with Crippen LogP contribution < -0.4 is 4.74 Å². The average molecular weight is 364 g/mol. The molecule has 2 heterocycles. The standard InChI is InChI=1S/C19H29N3O2S/c1-23-18-6-2-5-17(15-18)16-22(19-20-7-3-14-25-19)9-4-8-21-10-12-24-13-11-21/h2,5-6,15H,3-4,7-14,16H2,1H3. The van der Waals surface area contributed by atoms with Crippen molar-refractivity contribution in [3.8, 4) is 5.75 Å². The zero-order valence-electron chi connectivity index (χ0n) is 15.2. The normalized spacial score (nSPS) is 18.7. The van der Waals surface area contributed by atoms with Crippen molar-refractivity contribution in [1.82, 2.24) is 9.80 Å². The van der Waals surface area contributed by atoms with Crippen molar-refractivity contribution in [2.45, 2.75) is 19.4 Å². The van der Waals surface area contributed by atoms with Gasteiger partial charge in [0, 0.05) is 45.0 Å². The number of hydrogen-bond acceptors (Lipinski definition) is 6. The topological polar surface area (TPSA) is 37.3 Å². The molecule has 5 nitrogen and oxygen atoms in total. The van der Waals surface area contributed by atoms with Gasteiger partial charge in [-0.1, -0.05) is 23.9 Å². The molecular formula is C19H29N3O2S. The predicted octanol–water partition coefficient (Wildman–Crippen LogP) is 2.71. The number of aliphatic imine (C=N–C) groups is 1. The molecule has 2 aliphatic rings. The van der Waals surface area contributed by atoms with E-state index in [0.29, 0.717) is 0 Å². The van der Waals surface area contributed by atoms with Crippen LogP contribution in [0.25, 0.3) is 0 Å². The van der Waals surface area contributed by atoms with Gasteiger partial charge in [-0.2, -0.15) is 0 Å². The van der Waals surface area contributed by atoms with Gasteiger partial charge in [0.25, 0.3) is 0 Å². The lowest BCUT2D eigenvalue weighted by Crippen LogP contribution is -2.39. The van der Waals surface area contributed by atoms with Crippen molar-refractivity contribution >= 4 is 16.9 Å². The van der Waals surface area contributed by atoms with Gasteiger partial charge in [-0.3, -0.25) is 9.89 Å². The van der Waals surface area contributed by atoms with E-state index in [0.717, 1.165) is 64.7 Å². The molecule has 0 aromatic heterocycles. The number of morpholine rings is 1. The van der Waals surface area contributed by atoms with Gasteiger partial charge in [0.1, 0.15) is 5.75 Å². The minimum Gasteiger partial charge on any atom is -0.497 e. The first-order chi connectivity index (χ1) is 12.3. The second kappa shape index (κ2) is 10.0. The van der Waals surface area contributed by atoms with Crippen LogP contribution in [-0.4, -0.2) is 73.8 Å². The lowest BCUT2D eigenvalue weighted by atomic mass is 10.2. The van der Waals surface area contributed by atoms with E-state index in [1.807, 2.05) is 17.8 Å². The summed E-state index contributed by atoms with van der Waals surface area (Å²) in [6, 6.07) is 8.36. The van der Waals surface area contributed by atoms with E-state index >= 15 is 0 Å². The number of ether oxygens (including phenoxy) is 2. The van der Waals surface area contributed by atoms with E-state index in [9.17, 15) is 0 Å². The molecule has 0 amide bonds. The third-order valence-electron chi connectivity index (χ3n) is 4.56. The van der Waals surface area contributed by atoms with Crippen LogP contribution in [0.2, 0.25) is 0 Å². The maximum Gasteiger partial charge on any atom is 0.159 e. The zero-order chi connectivity index (χ0) is 17.3. The highest BCUT2D eigenvalue weighted by Crippen LogP contribution is 2.20. The Balaban J connectivity index is 1.59. The summed E-state index contributed by atoms with van der Waals surface area (Å²) in [6.45, 7) is 7.90. The number of nitrogens with zero attached hydrogens (tertiary/aromatic N) is 3. The van der Waals surface area contributed by atoms with Crippen LogP contribution in [0.4, 0.5) is 0 Å². The van der Waals surface area contributed by atoms with Crippen molar-refractivity contribution in [2.24, 2.45) is 4.99 Å². The summed E-state index contributed by atoms with van der Waals surface area (Å²) in [5.41, 5.74) is 1.28. The molecule has 0 bridgehead atoms. The Morgan fingerprint density at radius 1 is 1.32 bits per heavy atom. The van der Waals surface area contributed by atoms with Crippen molar-refractivity contribution < 1.29 is 9.47 Å². The Bertz CT molecular complexity index is 561. The molecule has 1 aromatic rings. The first-order valence-corrected chi connectivity index (χ1v) is 10.2. The summed E-state index contributed by atoms with van der Waals surface area (Å²) in [6.07, 6.45) is 2.35. The third-order valence-corrected chi connectivity index (χ3v) is 5.70. The molecule has 1 aromatic carbocycles. The fourth-order valence-corrected chi connectivity index (χ4v) is 4.16. The summed E-state index contributed by atoms with van der Waals surface area (Å²) in [7, 11) is 1.72. The predicted molar refractivity (Wildman–Crippen MR) is 105 cm³/mol. The summed E-state index contributed by atoms with van der Waals surface area (Å²) in [4.78, 5) is 9.72. The van der Waals surface area contributed by atoms with Gasteiger partial charge in [-0.25, -0.2) is 0 Å². The van der Waals surface area contributed by atoms with Gasteiger partial charge in [-0.15, -0.1) is 0 Å². The largest absolute Gasteiger partial charge is 0.497 e. The number of thioether (sulfide) groups is 1. The van der Waals surface area contributed by atoms with Gasteiger partial charge in [-0.05, 0) is 30.5 Å². The molecule has 1 fully saturated rings. The lowest BCUT2D eigenvalue weighted by Gasteiger charge is -2.30. The van der Waals surface area contributed by atoms with Gasteiger partial charge in [0.15, 0.2) is 5.17 Å². The Morgan fingerprint density at radius 2 is 2.20 bits per heavy atom. The quantitative estimate of drug-likeness (QED) is 0.745. The van der Waals surface area contributed by atoms with Crippen LogP contribution in [0.1, 0.15) is 18.4 Å². The molecule has 25 heavy (non-hydrogen) atoms. The van der Waals surface area contributed by atoms with E-state index in [1.165, 1.54) is 22.9 Å². The maximum absolute atomic E-state index is 5.44. The van der Waals surface area contributed by atoms with Crippen LogP contribution in [0.3, 0.4) is 0 Å². The Kier molecular flexibility index (Phi) is 7.45. The second-order valence-electron chi connectivity index (χ2n) is 6.45. The summed E-state index contributed by atoms with van der Waals surface area (Å²) in [5.74, 6) is 2.10. The van der Waals surface area contributed by atoms with Crippen molar-refractivity contribution in [3.05, 3.63) is 29.8 Å². The maximum atomic E-state index is 5.44. The van der Waals surface area contributed by atoms with Crippen LogP contribution >= 0.6 is 11.8 Å². The monoisotopic (exact) mass is 363 g/mol. The number of amidine groups is 1. The Labute approximate surface area is 155 Å². The van der Waals surface area contributed by atoms with Crippen molar-refractivity contribution in [2.75, 3.05) is 58.8 Å². The molecule has 3 rings (SSSR count). The highest BCUT2D eigenvalue weighted by molar-refractivity contribution is 8.13. The highest BCUT2D eigenvalue weighted by atomic mass is 32.2. The van der Waals surface area contributed by atoms with Gasteiger partial charge >= 0.3 is 0 Å². The number of methoxy groups -OCH3 is 1. The smallest absolute Gasteiger partial charge is 0.159 e. The molecule has 1 saturated heterocycles. The summed E-state index contributed by atoms with van der Waals surface area (Å²) in [5, 5.41) is 1.20. The Hall–Kier alpha value is -1.24. The highest BCUT2D eigenvalue weighted by Gasteiger charge is 2.17. The molecule has 0 spiro atoms. The minimum absolute atomic E-state index is 0.871. The second-order valence-corrected chi connectivity index (χ2v) is 7.51. The SMILES string of the molecule is COc1cccc(CN(CCCN2CCOCC2)C2=NCCCS2)c1. The fraction of sp³-hybridized carbons (Fsp3) is 0.632. The zero-order valence-corrected chi connectivity index (χ0v) is 16.0. The minimum atomic E-state index is 0.871. The molecule has 0 atom stereocenters. The number of rotatable bonds is 7. The first kappa shape index (κ1) is 18.5. The molecule has 0 aliphatic carbocycles. The summed E-state index contributed by atoms with van der Waals surface area (Å²) < 4.78 is 10.8. The average Bonchev–Trinajstić information content (AvgIpc) is 2.69. The van der Waals surface area contributed by atoms with Gasteiger partial charge in [0.2, 0.25) is 0 Å². The van der Waals surface area contributed by atoms with E-state index < -0.39 is 0 Å². The van der Waals surface area contributed by atoms with E-state index in [1.54, 1.807) is 7.11 Å². The number of hydrogen-bond donors (Lipinski definition) is 0. The Morgan fingerprint density at radius 3 is 2.96 bits per heavy atom. The van der Waals surface area contributed by atoms with E-state index in [-0.39, 0.29) is 0 Å². The van der Waals surface area contributed by atoms with Crippen LogP contribution in [0, 0.1) is 0 Å². The van der Waals surface area contributed by atoms with Crippen LogP contribution in [-0.2, 0) is 11.3 Å². The number of benzene rings is 1. The molecule has 138 valence electrons. The molecule has 0 radical (unpaired) electrons. The lowest BCUT2D eigenvalue weighted by molar-refractivity contribution is 0.0368. The molecule has 6 heteroatoms. The van der Waals surface area contributed by atoms with E-state index in [2.05, 4.69) is 28.0 Å². The van der Waals surface area contributed by atoms with Gasteiger partial charge < -0.3 is 14.4 Å². The molecule has 0 N–H and O–H groups in total. The fourth-order valence-electron chi connectivity index (χ4n) is 3.18. The van der Waals surface area contributed by atoms with Crippen molar-refractivity contribution in [1.29, 1.82) is 0 Å². The molecule has 0 saturated carbocycles.